The molecular weight excluding hydrogens is 312 g/mol. The van der Waals surface area contributed by atoms with Gasteiger partial charge in [0.05, 0.1) is 11.1 Å². The standard InChI is InChI=1S/C11H8F4N4OS/c1-19-8(11(13,14)15)4-7(18-19)10(20)17-16-5-6-2-3-9(12)21-6/h2-5H,1H3,(H,17,20). The maximum absolute atomic E-state index is 12.7. The summed E-state index contributed by atoms with van der Waals surface area (Å²) in [6.45, 7) is 0. The number of aromatic nitrogens is 2. The van der Waals surface area contributed by atoms with Crippen molar-refractivity contribution in [1.82, 2.24) is 15.2 Å². The number of carbonyl (C=O) groups is 1. The maximum atomic E-state index is 12.7. The molecule has 1 amide bonds. The summed E-state index contributed by atoms with van der Waals surface area (Å²) in [6.07, 6.45) is -3.42. The minimum absolute atomic E-state index is 0.415. The number of nitrogens with one attached hydrogen (secondary N) is 1. The second-order valence-electron chi connectivity index (χ2n) is 3.88. The lowest BCUT2D eigenvalue weighted by atomic mass is 10.3. The average Bonchev–Trinajstić information content (AvgIpc) is 2.95. The highest BCUT2D eigenvalue weighted by atomic mass is 32.1. The molecule has 0 saturated heterocycles. The van der Waals surface area contributed by atoms with Gasteiger partial charge < -0.3 is 0 Å². The molecule has 0 saturated carbocycles. The molecule has 2 rings (SSSR count). The Hall–Kier alpha value is -2.23. The molecule has 5 nitrogen and oxygen atoms in total. The molecule has 0 aliphatic heterocycles. The third-order valence-electron chi connectivity index (χ3n) is 2.35. The van der Waals surface area contributed by atoms with Gasteiger partial charge in [-0.05, 0) is 12.1 Å². The number of halogens is 4. The molecule has 10 heteroatoms. The van der Waals surface area contributed by atoms with E-state index in [-0.39, 0.29) is 0 Å². The fourth-order valence-electron chi connectivity index (χ4n) is 1.45. The molecule has 2 heterocycles. The number of nitrogens with zero attached hydrogens (tertiary/aromatic N) is 3. The molecule has 0 fully saturated rings. The van der Waals surface area contributed by atoms with Crippen LogP contribution in [0.2, 0.25) is 0 Å². The van der Waals surface area contributed by atoms with Crippen LogP contribution >= 0.6 is 11.3 Å². The van der Waals surface area contributed by atoms with Gasteiger partial charge in [0, 0.05) is 13.1 Å². The van der Waals surface area contributed by atoms with Crippen LogP contribution in [0.3, 0.4) is 0 Å². The number of hydrogen-bond acceptors (Lipinski definition) is 4. The Bertz CT molecular complexity index is 689. The molecule has 0 spiro atoms. The van der Waals surface area contributed by atoms with Gasteiger partial charge in [0.2, 0.25) is 0 Å². The lowest BCUT2D eigenvalue weighted by Crippen LogP contribution is -2.18. The van der Waals surface area contributed by atoms with E-state index in [9.17, 15) is 22.4 Å². The third kappa shape index (κ3) is 3.66. The van der Waals surface area contributed by atoms with Gasteiger partial charge in [-0.1, -0.05) is 0 Å². The molecule has 21 heavy (non-hydrogen) atoms. The van der Waals surface area contributed by atoms with Crippen LogP contribution in [-0.2, 0) is 13.2 Å². The molecule has 0 aromatic carbocycles. The summed E-state index contributed by atoms with van der Waals surface area (Å²) in [6, 6.07) is 3.29. The van der Waals surface area contributed by atoms with Crippen LogP contribution in [0.5, 0.6) is 0 Å². The highest BCUT2D eigenvalue weighted by molar-refractivity contribution is 7.12. The Morgan fingerprint density at radius 1 is 1.48 bits per heavy atom. The first-order valence-corrected chi connectivity index (χ1v) is 6.29. The SMILES string of the molecule is Cn1nc(C(=O)NN=Cc2ccc(F)s2)cc1C(F)(F)F. The summed E-state index contributed by atoms with van der Waals surface area (Å²) in [5.74, 6) is -0.894. The summed E-state index contributed by atoms with van der Waals surface area (Å²) in [4.78, 5) is 12.0. The Kier molecular flexibility index (Phi) is 4.07. The van der Waals surface area contributed by atoms with Crippen LogP contribution in [0.4, 0.5) is 17.6 Å². The zero-order valence-electron chi connectivity index (χ0n) is 10.5. The number of hydrogen-bond donors (Lipinski definition) is 1. The minimum atomic E-state index is -4.60. The number of amides is 1. The van der Waals surface area contributed by atoms with E-state index in [1.807, 2.05) is 5.43 Å². The smallest absolute Gasteiger partial charge is 0.265 e. The highest BCUT2D eigenvalue weighted by Gasteiger charge is 2.35. The number of thiophene rings is 1. The zero-order valence-corrected chi connectivity index (χ0v) is 11.3. The molecule has 2 aromatic rings. The van der Waals surface area contributed by atoms with Gasteiger partial charge in [0.1, 0.15) is 5.69 Å². The molecular formula is C11H8F4N4OS. The number of aryl methyl sites for hydroxylation is 1. The minimum Gasteiger partial charge on any atom is -0.265 e. The van der Waals surface area contributed by atoms with E-state index >= 15 is 0 Å². The van der Waals surface area contributed by atoms with Crippen molar-refractivity contribution in [3.63, 3.8) is 0 Å². The van der Waals surface area contributed by atoms with Crippen LogP contribution < -0.4 is 5.43 Å². The first-order valence-electron chi connectivity index (χ1n) is 5.47. The molecule has 0 aliphatic rings. The maximum Gasteiger partial charge on any atom is 0.433 e. The van der Waals surface area contributed by atoms with Crippen LogP contribution in [0.15, 0.2) is 23.3 Å². The molecule has 0 atom stereocenters. The van der Waals surface area contributed by atoms with E-state index in [0.717, 1.165) is 18.4 Å². The number of alkyl halides is 3. The third-order valence-corrected chi connectivity index (χ3v) is 3.16. The summed E-state index contributed by atoms with van der Waals surface area (Å²) in [5, 5.41) is 6.57. The van der Waals surface area contributed by atoms with E-state index in [1.165, 1.54) is 18.3 Å². The molecule has 0 bridgehead atoms. The van der Waals surface area contributed by atoms with Crippen LogP contribution in [0, 0.1) is 5.13 Å². The predicted octanol–water partition coefficient (Wildman–Crippen LogP) is 2.40. The Morgan fingerprint density at radius 3 is 2.71 bits per heavy atom. The van der Waals surface area contributed by atoms with Crippen LogP contribution in [0.1, 0.15) is 21.1 Å². The van der Waals surface area contributed by atoms with Crippen molar-refractivity contribution < 1.29 is 22.4 Å². The van der Waals surface area contributed by atoms with Gasteiger partial charge in [-0.2, -0.15) is 27.8 Å². The van der Waals surface area contributed by atoms with Gasteiger partial charge in [-0.15, -0.1) is 11.3 Å². The average molecular weight is 320 g/mol. The van der Waals surface area contributed by atoms with Gasteiger partial charge >= 0.3 is 6.18 Å². The summed E-state index contributed by atoms with van der Waals surface area (Å²) in [5.41, 5.74) is 0.558. The van der Waals surface area contributed by atoms with E-state index < -0.39 is 28.6 Å². The summed E-state index contributed by atoms with van der Waals surface area (Å²) in [7, 11) is 1.08. The molecule has 1 N–H and O–H groups in total. The van der Waals surface area contributed by atoms with Crippen molar-refractivity contribution in [2.45, 2.75) is 6.18 Å². The van der Waals surface area contributed by atoms with Crippen molar-refractivity contribution in [1.29, 1.82) is 0 Å². The van der Waals surface area contributed by atoms with E-state index in [4.69, 9.17) is 0 Å². The normalized spacial score (nSPS) is 12.0. The van der Waals surface area contributed by atoms with Gasteiger partial charge in [0.15, 0.2) is 10.8 Å². The second-order valence-corrected chi connectivity index (χ2v) is 4.94. The lowest BCUT2D eigenvalue weighted by Gasteiger charge is -2.04. The first-order chi connectivity index (χ1) is 9.77. The monoisotopic (exact) mass is 320 g/mol. The topological polar surface area (TPSA) is 59.3 Å². The van der Waals surface area contributed by atoms with Crippen molar-refractivity contribution in [3.05, 3.63) is 39.6 Å². The second kappa shape index (κ2) is 5.64. The van der Waals surface area contributed by atoms with Gasteiger partial charge in [0.25, 0.3) is 5.91 Å². The molecule has 2 aromatic heterocycles. The Labute approximate surface area is 119 Å². The quantitative estimate of drug-likeness (QED) is 0.536. The molecule has 0 radical (unpaired) electrons. The molecule has 112 valence electrons. The van der Waals surface area contributed by atoms with Crippen molar-refractivity contribution in [2.75, 3.05) is 0 Å². The molecule has 0 unspecified atom stereocenters. The Balaban J connectivity index is 2.06. The number of carbonyl (C=O) groups excluding carboxylic acids is 1. The van der Waals surface area contributed by atoms with Crippen LogP contribution in [0.25, 0.3) is 0 Å². The van der Waals surface area contributed by atoms with Gasteiger partial charge in [-0.3, -0.25) is 9.48 Å². The molecule has 0 aliphatic carbocycles. The highest BCUT2D eigenvalue weighted by Crippen LogP contribution is 2.29. The first kappa shape index (κ1) is 15.2. The zero-order chi connectivity index (χ0) is 15.6. The largest absolute Gasteiger partial charge is 0.433 e. The Morgan fingerprint density at radius 2 is 2.19 bits per heavy atom. The van der Waals surface area contributed by atoms with E-state index in [0.29, 0.717) is 15.6 Å². The fraction of sp³-hybridized carbons (Fsp3) is 0.182. The predicted molar refractivity (Wildman–Crippen MR) is 67.5 cm³/mol. The van der Waals surface area contributed by atoms with Crippen molar-refractivity contribution in [2.24, 2.45) is 12.1 Å². The van der Waals surface area contributed by atoms with Crippen molar-refractivity contribution in [3.8, 4) is 0 Å². The van der Waals surface area contributed by atoms with Crippen molar-refractivity contribution >= 4 is 23.5 Å². The van der Waals surface area contributed by atoms with Gasteiger partial charge in [-0.25, -0.2) is 5.43 Å². The number of hydrazone groups is 1. The summed E-state index contributed by atoms with van der Waals surface area (Å²) >= 11 is 0.809. The lowest BCUT2D eigenvalue weighted by molar-refractivity contribution is -0.143. The number of rotatable bonds is 3. The van der Waals surface area contributed by atoms with E-state index in [1.54, 1.807) is 0 Å². The summed E-state index contributed by atoms with van der Waals surface area (Å²) < 4.78 is 50.9. The van der Waals surface area contributed by atoms with Crippen LogP contribution in [-0.4, -0.2) is 21.9 Å². The fourth-order valence-corrected chi connectivity index (χ4v) is 2.06. The van der Waals surface area contributed by atoms with E-state index in [2.05, 4.69) is 10.2 Å².